The Labute approximate surface area is 120 Å². The zero-order valence-electron chi connectivity index (χ0n) is 10.6. The molecule has 2 aromatic rings. The van der Waals surface area contributed by atoms with E-state index < -0.39 is 5.97 Å². The number of nitrogens with one attached hydrogen (secondary N) is 1. The van der Waals surface area contributed by atoms with Gasteiger partial charge in [0.2, 0.25) is 0 Å². The van der Waals surface area contributed by atoms with Crippen molar-refractivity contribution >= 4 is 23.3 Å². The lowest BCUT2D eigenvalue weighted by molar-refractivity contribution is 0.0697. The summed E-state index contributed by atoms with van der Waals surface area (Å²) in [6, 6.07) is 6.74. The monoisotopic (exact) mass is 292 g/mol. The molecule has 5 nitrogen and oxygen atoms in total. The Balaban J connectivity index is 1.67. The Kier molecular flexibility index (Phi) is 3.36. The molecule has 2 N–H and O–H groups in total. The van der Waals surface area contributed by atoms with Crippen molar-refractivity contribution in [1.82, 2.24) is 5.16 Å². The van der Waals surface area contributed by atoms with E-state index in [1.54, 1.807) is 12.1 Å². The Morgan fingerprint density at radius 3 is 2.95 bits per heavy atom. The predicted molar refractivity (Wildman–Crippen MR) is 74.2 cm³/mol. The molecule has 0 bridgehead atoms. The number of nitrogens with zero attached hydrogens (tertiary/aromatic N) is 1. The lowest BCUT2D eigenvalue weighted by Crippen LogP contribution is -2.03. The lowest BCUT2D eigenvalue weighted by Gasteiger charge is -2.06. The zero-order chi connectivity index (χ0) is 14.1. The van der Waals surface area contributed by atoms with Crippen LogP contribution in [0.4, 0.5) is 5.69 Å². The van der Waals surface area contributed by atoms with Gasteiger partial charge in [0, 0.05) is 17.7 Å². The molecule has 1 aromatic carbocycles. The van der Waals surface area contributed by atoms with Crippen LogP contribution in [0.25, 0.3) is 0 Å². The average Bonchev–Trinajstić information content (AvgIpc) is 3.17. The summed E-state index contributed by atoms with van der Waals surface area (Å²) in [6.45, 7) is 0.483. The number of benzene rings is 1. The van der Waals surface area contributed by atoms with Crippen molar-refractivity contribution in [2.75, 3.05) is 5.32 Å². The first-order valence-electron chi connectivity index (χ1n) is 6.35. The van der Waals surface area contributed by atoms with Crippen LogP contribution in [-0.2, 0) is 6.54 Å². The highest BCUT2D eigenvalue weighted by Crippen LogP contribution is 2.40. The molecule has 1 heterocycles. The first-order chi connectivity index (χ1) is 9.63. The first kappa shape index (κ1) is 13.0. The van der Waals surface area contributed by atoms with Crippen LogP contribution in [0.5, 0.6) is 0 Å². The van der Waals surface area contributed by atoms with Crippen molar-refractivity contribution in [3.05, 3.63) is 46.3 Å². The predicted octanol–water partition coefficient (Wildman–Crippen LogP) is 3.52. The van der Waals surface area contributed by atoms with Crippen LogP contribution >= 0.6 is 11.6 Å². The van der Waals surface area contributed by atoms with Crippen LogP contribution in [0.2, 0.25) is 5.02 Å². The third kappa shape index (κ3) is 2.77. The maximum atomic E-state index is 11.0. The number of carbonyl (C=O) groups is 1. The lowest BCUT2D eigenvalue weighted by atomic mass is 10.2. The molecule has 3 rings (SSSR count). The molecular weight excluding hydrogens is 280 g/mol. The summed E-state index contributed by atoms with van der Waals surface area (Å²) in [5.74, 6) is 0.422. The Morgan fingerprint density at radius 1 is 1.45 bits per heavy atom. The summed E-state index contributed by atoms with van der Waals surface area (Å²) < 4.78 is 5.25. The third-order valence-electron chi connectivity index (χ3n) is 3.23. The molecule has 20 heavy (non-hydrogen) atoms. The molecule has 1 fully saturated rings. The highest BCUT2D eigenvalue weighted by molar-refractivity contribution is 6.33. The summed E-state index contributed by atoms with van der Waals surface area (Å²) in [7, 11) is 0. The van der Waals surface area contributed by atoms with Gasteiger partial charge >= 0.3 is 5.97 Å². The molecule has 0 atom stereocenters. The fraction of sp³-hybridized carbons (Fsp3) is 0.286. The molecule has 0 radical (unpaired) electrons. The normalized spacial score (nSPS) is 14.2. The van der Waals surface area contributed by atoms with Crippen LogP contribution in [0.15, 0.2) is 28.8 Å². The van der Waals surface area contributed by atoms with E-state index in [0.717, 1.165) is 11.5 Å². The number of hydrogen-bond acceptors (Lipinski definition) is 4. The standard InChI is InChI=1S/C14H13ClN2O3/c15-12-4-3-9(5-11(12)14(18)19)16-7-10-6-13(20-17-10)8-1-2-8/h3-6,8,16H,1-2,7H2,(H,18,19). The Hall–Kier alpha value is -2.01. The molecule has 104 valence electrons. The van der Waals surface area contributed by atoms with Crippen LogP contribution in [0.3, 0.4) is 0 Å². The number of carboxylic acids is 1. The van der Waals surface area contributed by atoms with Crippen LogP contribution in [0.1, 0.15) is 40.6 Å². The van der Waals surface area contributed by atoms with Crippen molar-refractivity contribution in [1.29, 1.82) is 0 Å². The molecule has 0 spiro atoms. The fourth-order valence-electron chi connectivity index (χ4n) is 1.96. The number of rotatable bonds is 5. The van der Waals surface area contributed by atoms with Gasteiger partial charge < -0.3 is 14.9 Å². The van der Waals surface area contributed by atoms with E-state index in [-0.39, 0.29) is 10.6 Å². The van der Waals surface area contributed by atoms with Crippen LogP contribution in [-0.4, -0.2) is 16.2 Å². The van der Waals surface area contributed by atoms with Crippen molar-refractivity contribution in [3.63, 3.8) is 0 Å². The minimum absolute atomic E-state index is 0.0792. The van der Waals surface area contributed by atoms with Gasteiger partial charge in [0.1, 0.15) is 11.5 Å². The SMILES string of the molecule is O=C(O)c1cc(NCc2cc(C3CC3)on2)ccc1Cl. The molecular formula is C14H13ClN2O3. The summed E-state index contributed by atoms with van der Waals surface area (Å²) >= 11 is 5.82. The summed E-state index contributed by atoms with van der Waals surface area (Å²) in [5, 5.41) is 16.3. The van der Waals surface area contributed by atoms with E-state index in [4.69, 9.17) is 21.2 Å². The van der Waals surface area contributed by atoms with Gasteiger partial charge in [-0.15, -0.1) is 0 Å². The van der Waals surface area contributed by atoms with Gasteiger partial charge in [0.05, 0.1) is 17.1 Å². The van der Waals surface area contributed by atoms with E-state index in [9.17, 15) is 4.79 Å². The van der Waals surface area contributed by atoms with Gasteiger partial charge in [0.25, 0.3) is 0 Å². The highest BCUT2D eigenvalue weighted by atomic mass is 35.5. The minimum atomic E-state index is -1.05. The fourth-order valence-corrected chi connectivity index (χ4v) is 2.16. The minimum Gasteiger partial charge on any atom is -0.478 e. The molecule has 1 aliphatic rings. The van der Waals surface area contributed by atoms with Gasteiger partial charge in [0.15, 0.2) is 0 Å². The van der Waals surface area contributed by atoms with Gasteiger partial charge in [-0.2, -0.15) is 0 Å². The van der Waals surface area contributed by atoms with E-state index >= 15 is 0 Å². The molecule has 6 heteroatoms. The van der Waals surface area contributed by atoms with Gasteiger partial charge in [-0.25, -0.2) is 4.79 Å². The Morgan fingerprint density at radius 2 is 2.25 bits per heavy atom. The number of aromatic nitrogens is 1. The van der Waals surface area contributed by atoms with Crippen molar-refractivity contribution in [2.24, 2.45) is 0 Å². The topological polar surface area (TPSA) is 75.4 Å². The average molecular weight is 293 g/mol. The maximum Gasteiger partial charge on any atom is 0.337 e. The van der Waals surface area contributed by atoms with Crippen LogP contribution < -0.4 is 5.32 Å². The van der Waals surface area contributed by atoms with Crippen LogP contribution in [0, 0.1) is 0 Å². The van der Waals surface area contributed by atoms with Crippen molar-refractivity contribution in [2.45, 2.75) is 25.3 Å². The van der Waals surface area contributed by atoms with Gasteiger partial charge in [-0.1, -0.05) is 16.8 Å². The molecule has 0 saturated heterocycles. The molecule has 0 amide bonds. The Bertz CT molecular complexity index is 650. The van der Waals surface area contributed by atoms with Crippen molar-refractivity contribution < 1.29 is 14.4 Å². The molecule has 0 aliphatic heterocycles. The number of hydrogen-bond donors (Lipinski definition) is 2. The molecule has 1 aromatic heterocycles. The highest BCUT2D eigenvalue weighted by Gasteiger charge is 2.27. The number of anilines is 1. The smallest absolute Gasteiger partial charge is 0.337 e. The second kappa shape index (κ2) is 5.17. The summed E-state index contributed by atoms with van der Waals surface area (Å²) in [6.07, 6.45) is 2.34. The number of carboxylic acid groups (broad SMARTS) is 1. The van der Waals surface area contributed by atoms with E-state index in [2.05, 4.69) is 10.5 Å². The molecule has 1 saturated carbocycles. The summed E-state index contributed by atoms with van der Waals surface area (Å²) in [5.41, 5.74) is 1.57. The number of aromatic carboxylic acids is 1. The summed E-state index contributed by atoms with van der Waals surface area (Å²) in [4.78, 5) is 11.0. The number of halogens is 1. The third-order valence-corrected chi connectivity index (χ3v) is 3.56. The van der Waals surface area contributed by atoms with Crippen molar-refractivity contribution in [3.8, 4) is 0 Å². The maximum absolute atomic E-state index is 11.0. The van der Waals surface area contributed by atoms with Gasteiger partial charge in [-0.3, -0.25) is 0 Å². The molecule has 1 aliphatic carbocycles. The second-order valence-corrected chi connectivity index (χ2v) is 5.26. The zero-order valence-corrected chi connectivity index (χ0v) is 11.4. The largest absolute Gasteiger partial charge is 0.478 e. The van der Waals surface area contributed by atoms with E-state index in [1.807, 2.05) is 6.07 Å². The van der Waals surface area contributed by atoms with Gasteiger partial charge in [-0.05, 0) is 31.0 Å². The first-order valence-corrected chi connectivity index (χ1v) is 6.73. The van der Waals surface area contributed by atoms with E-state index in [0.29, 0.717) is 18.2 Å². The molecule has 0 unspecified atom stereocenters. The van der Waals surface area contributed by atoms with E-state index in [1.165, 1.54) is 18.9 Å². The second-order valence-electron chi connectivity index (χ2n) is 4.85. The quantitative estimate of drug-likeness (QED) is 0.882.